The Balaban J connectivity index is 2.14. The highest BCUT2D eigenvalue weighted by Gasteiger charge is 2.07. The normalized spacial score (nSPS) is 12.8. The Morgan fingerprint density at radius 1 is 1.14 bits per heavy atom. The maximum absolute atomic E-state index is 4.53. The fourth-order valence-electron chi connectivity index (χ4n) is 3.27. The van der Waals surface area contributed by atoms with Crippen molar-refractivity contribution in [1.82, 2.24) is 4.98 Å². The van der Waals surface area contributed by atoms with E-state index in [1.54, 1.807) is 0 Å². The van der Waals surface area contributed by atoms with Crippen LogP contribution in [0.5, 0.6) is 0 Å². The molecule has 114 valence electrons. The van der Waals surface area contributed by atoms with Gasteiger partial charge in [-0.15, -0.1) is 0 Å². The second-order valence-corrected chi connectivity index (χ2v) is 6.40. The third-order valence-corrected chi connectivity index (χ3v) is 4.56. The van der Waals surface area contributed by atoms with Gasteiger partial charge in [0.25, 0.3) is 0 Å². The van der Waals surface area contributed by atoms with Crippen molar-refractivity contribution in [2.75, 3.05) is 0 Å². The van der Waals surface area contributed by atoms with Crippen molar-refractivity contribution in [3.63, 3.8) is 0 Å². The first kappa shape index (κ1) is 16.0. The molecule has 0 amide bonds. The van der Waals surface area contributed by atoms with E-state index in [4.69, 9.17) is 0 Å². The van der Waals surface area contributed by atoms with Crippen molar-refractivity contribution in [2.24, 2.45) is 5.92 Å². The lowest BCUT2D eigenvalue weighted by Gasteiger charge is -2.12. The Bertz CT molecular complexity index is 586. The minimum absolute atomic E-state index is 0.864. The molecule has 0 N–H and O–H groups in total. The topological polar surface area (TPSA) is 12.9 Å². The van der Waals surface area contributed by atoms with Crippen LogP contribution < -0.4 is 0 Å². The summed E-state index contributed by atoms with van der Waals surface area (Å²) in [4.78, 5) is 4.53. The van der Waals surface area contributed by atoms with Crippen LogP contribution in [0.4, 0.5) is 0 Å². The smallest absolute Gasteiger partial charge is 0.0479 e. The number of fused-ring (bicyclic) bond motifs is 1. The molecule has 2 aromatic rings. The minimum Gasteiger partial charge on any atom is -0.261 e. The van der Waals surface area contributed by atoms with Gasteiger partial charge in [-0.05, 0) is 60.7 Å². The molecule has 1 nitrogen and oxygen atoms in total. The summed E-state index contributed by atoms with van der Waals surface area (Å²) in [5.41, 5.74) is 4.17. The fraction of sp³-hybridized carbons (Fsp3) is 0.550. The number of aromatic nitrogens is 1. The van der Waals surface area contributed by atoms with Crippen LogP contribution in [0.1, 0.15) is 63.3 Å². The second-order valence-electron chi connectivity index (χ2n) is 6.40. The Morgan fingerprint density at radius 3 is 2.67 bits per heavy atom. The summed E-state index contributed by atoms with van der Waals surface area (Å²) in [5.74, 6) is 0.864. The van der Waals surface area contributed by atoms with Gasteiger partial charge in [-0.1, -0.05) is 46.1 Å². The summed E-state index contributed by atoms with van der Waals surface area (Å²) in [5, 5.41) is 2.68. The summed E-state index contributed by atoms with van der Waals surface area (Å²) in [6.45, 7) is 9.10. The van der Waals surface area contributed by atoms with Crippen molar-refractivity contribution >= 4 is 10.8 Å². The quantitative estimate of drug-likeness (QED) is 0.619. The zero-order chi connectivity index (χ0) is 15.2. The number of benzene rings is 1. The van der Waals surface area contributed by atoms with Gasteiger partial charge in [-0.25, -0.2) is 0 Å². The highest BCUT2D eigenvalue weighted by molar-refractivity contribution is 5.86. The van der Waals surface area contributed by atoms with Crippen LogP contribution in [0.3, 0.4) is 0 Å². The van der Waals surface area contributed by atoms with E-state index in [1.165, 1.54) is 59.7 Å². The van der Waals surface area contributed by atoms with E-state index in [0.717, 1.165) is 12.3 Å². The van der Waals surface area contributed by atoms with Crippen LogP contribution in [0, 0.1) is 12.8 Å². The molecule has 1 unspecified atom stereocenters. The third-order valence-electron chi connectivity index (χ3n) is 4.56. The van der Waals surface area contributed by atoms with Crippen molar-refractivity contribution in [3.8, 4) is 0 Å². The van der Waals surface area contributed by atoms with Crippen molar-refractivity contribution in [1.29, 1.82) is 0 Å². The van der Waals surface area contributed by atoms with E-state index in [0.29, 0.717) is 0 Å². The molecule has 0 bridgehead atoms. The number of rotatable bonds is 7. The van der Waals surface area contributed by atoms with Crippen LogP contribution >= 0.6 is 0 Å². The minimum atomic E-state index is 0.864. The predicted molar refractivity (Wildman–Crippen MR) is 92.9 cm³/mol. The van der Waals surface area contributed by atoms with Crippen molar-refractivity contribution < 1.29 is 0 Å². The molecule has 0 aliphatic carbocycles. The van der Waals surface area contributed by atoms with E-state index in [-0.39, 0.29) is 0 Å². The standard InChI is InChI=1S/C20H29N/c1-5-8-15(3)9-7-10-17-14-19-18(13-16(17)4)11-12-21-20(19)6-2/h11-15H,5-10H2,1-4H3. The number of hydrogen-bond acceptors (Lipinski definition) is 1. The van der Waals surface area contributed by atoms with Gasteiger partial charge in [-0.3, -0.25) is 4.98 Å². The Labute approximate surface area is 129 Å². The van der Waals surface area contributed by atoms with Crippen molar-refractivity contribution in [2.45, 2.75) is 66.2 Å². The van der Waals surface area contributed by atoms with Gasteiger partial charge in [-0.2, -0.15) is 0 Å². The van der Waals surface area contributed by atoms with E-state index >= 15 is 0 Å². The number of aryl methyl sites for hydroxylation is 3. The summed E-state index contributed by atoms with van der Waals surface area (Å²) < 4.78 is 0. The monoisotopic (exact) mass is 283 g/mol. The molecule has 0 spiro atoms. The Kier molecular flexibility index (Phi) is 5.78. The molecule has 0 aliphatic heterocycles. The molecular formula is C20H29N. The maximum Gasteiger partial charge on any atom is 0.0479 e. The summed E-state index contributed by atoms with van der Waals surface area (Å²) >= 11 is 0. The predicted octanol–water partition coefficient (Wildman–Crippen LogP) is 5.86. The number of pyridine rings is 1. The van der Waals surface area contributed by atoms with Gasteiger partial charge >= 0.3 is 0 Å². The molecule has 1 heteroatoms. The highest BCUT2D eigenvalue weighted by atomic mass is 14.7. The van der Waals surface area contributed by atoms with Gasteiger partial charge in [0, 0.05) is 17.3 Å². The second kappa shape index (κ2) is 7.59. The van der Waals surface area contributed by atoms with E-state index in [9.17, 15) is 0 Å². The highest BCUT2D eigenvalue weighted by Crippen LogP contribution is 2.24. The van der Waals surface area contributed by atoms with Gasteiger partial charge in [0.1, 0.15) is 0 Å². The molecule has 21 heavy (non-hydrogen) atoms. The molecule has 1 heterocycles. The van der Waals surface area contributed by atoms with Crippen LogP contribution in [-0.4, -0.2) is 4.98 Å². The average molecular weight is 283 g/mol. The lowest BCUT2D eigenvalue weighted by atomic mass is 9.94. The van der Waals surface area contributed by atoms with Gasteiger partial charge in [0.15, 0.2) is 0 Å². The SMILES string of the molecule is CCCC(C)CCCc1cc2c(CC)nccc2cc1C. The lowest BCUT2D eigenvalue weighted by Crippen LogP contribution is -1.98. The first-order chi connectivity index (χ1) is 10.2. The molecule has 2 rings (SSSR count). The van der Waals surface area contributed by atoms with Gasteiger partial charge in [0.2, 0.25) is 0 Å². The Hall–Kier alpha value is -1.37. The van der Waals surface area contributed by atoms with Crippen LogP contribution in [0.15, 0.2) is 24.4 Å². The third kappa shape index (κ3) is 4.06. The molecule has 1 aromatic carbocycles. The molecule has 0 aliphatic rings. The van der Waals surface area contributed by atoms with Gasteiger partial charge in [0.05, 0.1) is 0 Å². The molecule has 0 fully saturated rings. The van der Waals surface area contributed by atoms with Gasteiger partial charge < -0.3 is 0 Å². The summed E-state index contributed by atoms with van der Waals surface area (Å²) in [6.07, 6.45) is 9.46. The summed E-state index contributed by atoms with van der Waals surface area (Å²) in [7, 11) is 0. The maximum atomic E-state index is 4.53. The first-order valence-electron chi connectivity index (χ1n) is 8.52. The fourth-order valence-corrected chi connectivity index (χ4v) is 3.27. The largest absolute Gasteiger partial charge is 0.261 e. The van der Waals surface area contributed by atoms with E-state index in [1.807, 2.05) is 6.20 Å². The summed E-state index contributed by atoms with van der Waals surface area (Å²) in [6, 6.07) is 6.86. The zero-order valence-corrected chi connectivity index (χ0v) is 14.1. The lowest BCUT2D eigenvalue weighted by molar-refractivity contribution is 0.469. The number of hydrogen-bond donors (Lipinski definition) is 0. The van der Waals surface area contributed by atoms with Crippen molar-refractivity contribution in [3.05, 3.63) is 41.2 Å². The molecular weight excluding hydrogens is 254 g/mol. The van der Waals surface area contributed by atoms with Crippen LogP contribution in [0.2, 0.25) is 0 Å². The van der Waals surface area contributed by atoms with E-state index < -0.39 is 0 Å². The molecule has 0 radical (unpaired) electrons. The molecule has 1 atom stereocenters. The molecule has 1 aromatic heterocycles. The Morgan fingerprint density at radius 2 is 1.95 bits per heavy atom. The zero-order valence-electron chi connectivity index (χ0n) is 14.1. The van der Waals surface area contributed by atoms with Crippen LogP contribution in [-0.2, 0) is 12.8 Å². The first-order valence-corrected chi connectivity index (χ1v) is 8.52. The number of nitrogens with zero attached hydrogens (tertiary/aromatic N) is 1. The van der Waals surface area contributed by atoms with Crippen LogP contribution in [0.25, 0.3) is 10.8 Å². The molecule has 0 saturated heterocycles. The average Bonchev–Trinajstić information content (AvgIpc) is 2.47. The molecule has 0 saturated carbocycles. The van der Waals surface area contributed by atoms with E-state index in [2.05, 4.69) is 50.9 Å².